The molecule has 4 rings (SSSR count). The lowest BCUT2D eigenvalue weighted by Gasteiger charge is -2.29. The molecule has 2 N–H and O–H groups in total. The van der Waals surface area contributed by atoms with Gasteiger partial charge < -0.3 is 10.6 Å². The zero-order valence-corrected chi connectivity index (χ0v) is 16.9. The second-order valence-corrected chi connectivity index (χ2v) is 7.62. The van der Waals surface area contributed by atoms with Gasteiger partial charge in [0.1, 0.15) is 5.82 Å². The van der Waals surface area contributed by atoms with E-state index in [9.17, 15) is 9.18 Å². The fourth-order valence-electron chi connectivity index (χ4n) is 3.15. The first-order valence-corrected chi connectivity index (χ1v) is 9.78. The Labute approximate surface area is 172 Å². The highest BCUT2D eigenvalue weighted by atomic mass is 35.5. The standard InChI is InChI=1S/C19H20FN5OS.ClH/c1-12-8-9-21-11-15(12)22-19(26)17-23-18(16-3-2-10-27-16)25(24-17)14-6-4-13(20)5-7-14;/h2-7,10,12,15,21H,8-9,11H2,1H3,(H,22,26);1H. The van der Waals surface area contributed by atoms with E-state index in [1.165, 1.54) is 23.5 Å². The summed E-state index contributed by atoms with van der Waals surface area (Å²) in [5.74, 6) is 0.450. The van der Waals surface area contributed by atoms with E-state index in [0.29, 0.717) is 17.4 Å². The average Bonchev–Trinajstić information content (AvgIpc) is 3.33. The third-order valence-electron chi connectivity index (χ3n) is 4.77. The largest absolute Gasteiger partial charge is 0.345 e. The molecule has 28 heavy (non-hydrogen) atoms. The van der Waals surface area contributed by atoms with Crippen LogP contribution >= 0.6 is 23.7 Å². The number of hydrogen-bond donors (Lipinski definition) is 2. The Morgan fingerprint density at radius 3 is 2.79 bits per heavy atom. The molecule has 6 nitrogen and oxygen atoms in total. The number of benzene rings is 1. The van der Waals surface area contributed by atoms with Crippen LogP contribution < -0.4 is 10.6 Å². The van der Waals surface area contributed by atoms with Gasteiger partial charge in [0, 0.05) is 12.6 Å². The summed E-state index contributed by atoms with van der Waals surface area (Å²) in [6.45, 7) is 3.84. The number of halogens is 2. The zero-order valence-electron chi connectivity index (χ0n) is 15.3. The van der Waals surface area contributed by atoms with Crippen LogP contribution in [0.5, 0.6) is 0 Å². The van der Waals surface area contributed by atoms with Gasteiger partial charge in [0.05, 0.1) is 10.6 Å². The Morgan fingerprint density at radius 1 is 1.32 bits per heavy atom. The Bertz CT molecular complexity index is 928. The molecule has 2 atom stereocenters. The van der Waals surface area contributed by atoms with E-state index in [1.54, 1.807) is 16.8 Å². The number of carbonyl (C=O) groups is 1. The zero-order chi connectivity index (χ0) is 18.8. The monoisotopic (exact) mass is 421 g/mol. The summed E-state index contributed by atoms with van der Waals surface area (Å²) >= 11 is 1.51. The second-order valence-electron chi connectivity index (χ2n) is 6.67. The van der Waals surface area contributed by atoms with Crippen molar-refractivity contribution in [3.8, 4) is 16.4 Å². The molecule has 148 valence electrons. The first-order valence-electron chi connectivity index (χ1n) is 8.90. The maximum atomic E-state index is 13.3. The lowest BCUT2D eigenvalue weighted by Crippen LogP contribution is -2.50. The van der Waals surface area contributed by atoms with E-state index < -0.39 is 0 Å². The number of aromatic nitrogens is 3. The first kappa shape index (κ1) is 20.4. The number of thiophene rings is 1. The van der Waals surface area contributed by atoms with Crippen molar-refractivity contribution in [1.29, 1.82) is 0 Å². The van der Waals surface area contributed by atoms with Crippen LogP contribution in [0.1, 0.15) is 24.0 Å². The normalized spacial score (nSPS) is 19.1. The van der Waals surface area contributed by atoms with Gasteiger partial charge >= 0.3 is 0 Å². The van der Waals surface area contributed by atoms with E-state index in [1.807, 2.05) is 17.5 Å². The Hall–Kier alpha value is -2.29. The lowest BCUT2D eigenvalue weighted by molar-refractivity contribution is 0.0904. The van der Waals surface area contributed by atoms with Crippen LogP contribution in [0, 0.1) is 11.7 Å². The smallest absolute Gasteiger partial charge is 0.291 e. The molecule has 1 amide bonds. The van der Waals surface area contributed by atoms with Gasteiger partial charge in [-0.05, 0) is 54.6 Å². The van der Waals surface area contributed by atoms with Crippen LogP contribution in [-0.2, 0) is 0 Å². The van der Waals surface area contributed by atoms with Crippen LogP contribution in [0.25, 0.3) is 16.4 Å². The molecule has 1 aromatic carbocycles. The van der Waals surface area contributed by atoms with Crippen molar-refractivity contribution < 1.29 is 9.18 Å². The van der Waals surface area contributed by atoms with Crippen molar-refractivity contribution in [2.24, 2.45) is 5.92 Å². The van der Waals surface area contributed by atoms with Gasteiger partial charge in [0.25, 0.3) is 5.91 Å². The molecule has 1 aliphatic heterocycles. The first-order chi connectivity index (χ1) is 13.1. The van der Waals surface area contributed by atoms with Crippen LogP contribution in [0.3, 0.4) is 0 Å². The number of hydrogen-bond acceptors (Lipinski definition) is 5. The minimum absolute atomic E-state index is 0. The van der Waals surface area contributed by atoms with Crippen molar-refractivity contribution in [3.05, 3.63) is 53.4 Å². The number of nitrogens with zero attached hydrogens (tertiary/aromatic N) is 3. The molecular weight excluding hydrogens is 401 g/mol. The average molecular weight is 422 g/mol. The van der Waals surface area contributed by atoms with Gasteiger partial charge in [0.2, 0.25) is 5.82 Å². The van der Waals surface area contributed by atoms with E-state index in [0.717, 1.165) is 24.4 Å². The second kappa shape index (κ2) is 8.81. The molecule has 2 unspecified atom stereocenters. The van der Waals surface area contributed by atoms with Crippen molar-refractivity contribution in [1.82, 2.24) is 25.4 Å². The fourth-order valence-corrected chi connectivity index (χ4v) is 3.85. The number of rotatable bonds is 4. The summed E-state index contributed by atoms with van der Waals surface area (Å²) in [7, 11) is 0. The van der Waals surface area contributed by atoms with Gasteiger partial charge in [-0.15, -0.1) is 28.8 Å². The van der Waals surface area contributed by atoms with Gasteiger partial charge in [-0.3, -0.25) is 4.79 Å². The molecule has 2 aromatic heterocycles. The van der Waals surface area contributed by atoms with Crippen LogP contribution in [0.4, 0.5) is 4.39 Å². The van der Waals surface area contributed by atoms with E-state index >= 15 is 0 Å². The van der Waals surface area contributed by atoms with Crippen LogP contribution in [0.2, 0.25) is 0 Å². The van der Waals surface area contributed by atoms with Gasteiger partial charge in [-0.25, -0.2) is 14.1 Å². The molecule has 0 saturated carbocycles. The summed E-state index contributed by atoms with van der Waals surface area (Å²) in [6.07, 6.45) is 1.02. The van der Waals surface area contributed by atoms with Crippen LogP contribution in [-0.4, -0.2) is 39.8 Å². The Kier molecular flexibility index (Phi) is 6.43. The minimum Gasteiger partial charge on any atom is -0.345 e. The molecule has 1 saturated heterocycles. The topological polar surface area (TPSA) is 71.8 Å². The molecule has 1 fully saturated rings. The predicted molar refractivity (Wildman–Crippen MR) is 110 cm³/mol. The molecule has 3 aromatic rings. The van der Waals surface area contributed by atoms with Crippen LogP contribution in [0.15, 0.2) is 41.8 Å². The predicted octanol–water partition coefficient (Wildman–Crippen LogP) is 3.28. The van der Waals surface area contributed by atoms with Gasteiger partial charge in [0.15, 0.2) is 5.82 Å². The minimum atomic E-state index is -0.326. The van der Waals surface area contributed by atoms with Crippen molar-refractivity contribution in [2.45, 2.75) is 19.4 Å². The third-order valence-corrected chi connectivity index (χ3v) is 5.63. The van der Waals surface area contributed by atoms with Crippen molar-refractivity contribution >= 4 is 29.7 Å². The Balaban J connectivity index is 0.00000225. The Morgan fingerprint density at radius 2 is 2.11 bits per heavy atom. The summed E-state index contributed by atoms with van der Waals surface area (Å²) < 4.78 is 14.9. The fraction of sp³-hybridized carbons (Fsp3) is 0.316. The summed E-state index contributed by atoms with van der Waals surface area (Å²) in [6, 6.07) is 9.86. The van der Waals surface area contributed by atoms with E-state index in [2.05, 4.69) is 27.6 Å². The highest BCUT2D eigenvalue weighted by Crippen LogP contribution is 2.25. The number of amides is 1. The molecule has 9 heteroatoms. The molecule has 1 aliphatic rings. The highest BCUT2D eigenvalue weighted by molar-refractivity contribution is 7.13. The maximum absolute atomic E-state index is 13.3. The van der Waals surface area contributed by atoms with Gasteiger partial charge in [-0.1, -0.05) is 13.0 Å². The molecule has 0 aliphatic carbocycles. The number of carbonyl (C=O) groups excluding carboxylic acids is 1. The highest BCUT2D eigenvalue weighted by Gasteiger charge is 2.26. The third kappa shape index (κ3) is 4.24. The molecular formula is C19H21ClFN5OS. The quantitative estimate of drug-likeness (QED) is 0.678. The molecule has 0 spiro atoms. The van der Waals surface area contributed by atoms with Crippen molar-refractivity contribution in [2.75, 3.05) is 13.1 Å². The molecule has 3 heterocycles. The summed E-state index contributed by atoms with van der Waals surface area (Å²) in [5, 5.41) is 12.7. The maximum Gasteiger partial charge on any atom is 0.291 e. The van der Waals surface area contributed by atoms with E-state index in [4.69, 9.17) is 0 Å². The summed E-state index contributed by atoms with van der Waals surface area (Å²) in [4.78, 5) is 18.1. The van der Waals surface area contributed by atoms with E-state index in [-0.39, 0.29) is 36.0 Å². The SMILES string of the molecule is CC1CCNCC1NC(=O)c1nc(-c2cccs2)n(-c2ccc(F)cc2)n1.Cl. The summed E-state index contributed by atoms with van der Waals surface area (Å²) in [5.41, 5.74) is 0.652. The number of piperidine rings is 1. The van der Waals surface area contributed by atoms with Crippen molar-refractivity contribution in [3.63, 3.8) is 0 Å². The van der Waals surface area contributed by atoms with Gasteiger partial charge in [-0.2, -0.15) is 0 Å². The number of nitrogens with one attached hydrogen (secondary N) is 2. The molecule has 0 bridgehead atoms. The lowest BCUT2D eigenvalue weighted by atomic mass is 9.95. The molecule has 0 radical (unpaired) electrons.